The van der Waals surface area contributed by atoms with Crippen LogP contribution in [0.3, 0.4) is 0 Å². The van der Waals surface area contributed by atoms with Gasteiger partial charge in [-0.2, -0.15) is 0 Å². The smallest absolute Gasteiger partial charge is 0.315 e. The van der Waals surface area contributed by atoms with E-state index in [2.05, 4.69) is 65.4 Å². The third-order valence-corrected chi connectivity index (χ3v) is 8.07. The van der Waals surface area contributed by atoms with E-state index < -0.39 is 0 Å². The van der Waals surface area contributed by atoms with Crippen LogP contribution in [0, 0.1) is 5.92 Å². The predicted octanol–water partition coefficient (Wildman–Crippen LogP) is 5.64. The van der Waals surface area contributed by atoms with Crippen LogP contribution in [0.4, 0.5) is 4.79 Å². The van der Waals surface area contributed by atoms with E-state index >= 15 is 0 Å². The highest BCUT2D eigenvalue weighted by Gasteiger charge is 2.30. The minimum Gasteiger partial charge on any atom is -0.335 e. The normalized spacial score (nSPS) is 18.3. The van der Waals surface area contributed by atoms with Gasteiger partial charge in [0.2, 0.25) is 0 Å². The molecule has 1 saturated carbocycles. The Balaban J connectivity index is 1.65. The molecule has 0 bridgehead atoms. The molecule has 6 heteroatoms. The SMILES string of the molecule is CCN1CCc2c(sc(-n3cccc3)c2C(CCC(C)C)NC(=O)NC2CCCC2)C1. The van der Waals surface area contributed by atoms with Crippen LogP contribution in [0.2, 0.25) is 0 Å². The highest BCUT2D eigenvalue weighted by atomic mass is 32.1. The quantitative estimate of drug-likeness (QED) is 0.556. The molecule has 1 aliphatic carbocycles. The van der Waals surface area contributed by atoms with Crippen molar-refractivity contribution in [3.63, 3.8) is 0 Å². The van der Waals surface area contributed by atoms with E-state index in [9.17, 15) is 4.79 Å². The zero-order valence-electron chi connectivity index (χ0n) is 19.3. The minimum absolute atomic E-state index is 0.00468. The van der Waals surface area contributed by atoms with Crippen LogP contribution in [0.25, 0.3) is 5.00 Å². The summed E-state index contributed by atoms with van der Waals surface area (Å²) in [5, 5.41) is 7.94. The van der Waals surface area contributed by atoms with Crippen molar-refractivity contribution in [3.05, 3.63) is 40.5 Å². The van der Waals surface area contributed by atoms with Crippen LogP contribution in [-0.4, -0.2) is 34.6 Å². The van der Waals surface area contributed by atoms with Crippen LogP contribution in [-0.2, 0) is 13.0 Å². The lowest BCUT2D eigenvalue weighted by Crippen LogP contribution is -2.43. The van der Waals surface area contributed by atoms with Crippen molar-refractivity contribution in [2.45, 2.75) is 84.3 Å². The second-order valence-electron chi connectivity index (χ2n) is 9.55. The Kier molecular flexibility index (Phi) is 7.39. The Bertz CT molecular complexity index is 851. The number of carbonyl (C=O) groups excluding carboxylic acids is 1. The molecule has 3 heterocycles. The van der Waals surface area contributed by atoms with Crippen molar-refractivity contribution in [2.75, 3.05) is 13.1 Å². The highest BCUT2D eigenvalue weighted by molar-refractivity contribution is 7.15. The first kappa shape index (κ1) is 22.4. The van der Waals surface area contributed by atoms with Crippen molar-refractivity contribution in [3.8, 4) is 5.00 Å². The molecule has 2 amide bonds. The Morgan fingerprint density at radius 2 is 1.94 bits per heavy atom. The van der Waals surface area contributed by atoms with Gasteiger partial charge in [-0.25, -0.2) is 4.79 Å². The monoisotopic (exact) mass is 442 g/mol. The first-order chi connectivity index (χ1) is 15.0. The van der Waals surface area contributed by atoms with Crippen molar-refractivity contribution in [1.82, 2.24) is 20.1 Å². The lowest BCUT2D eigenvalue weighted by molar-refractivity contribution is 0.231. The van der Waals surface area contributed by atoms with E-state index in [-0.39, 0.29) is 12.1 Å². The zero-order valence-corrected chi connectivity index (χ0v) is 20.1. The van der Waals surface area contributed by atoms with Gasteiger partial charge in [0.1, 0.15) is 5.00 Å². The number of rotatable bonds is 8. The number of fused-ring (bicyclic) bond motifs is 1. The molecule has 0 aromatic carbocycles. The van der Waals surface area contributed by atoms with Gasteiger partial charge in [-0.3, -0.25) is 4.90 Å². The number of amides is 2. The van der Waals surface area contributed by atoms with Crippen LogP contribution in [0.1, 0.15) is 81.3 Å². The first-order valence-corrected chi connectivity index (χ1v) is 12.9. The Labute approximate surface area is 191 Å². The molecule has 2 aromatic rings. The number of aromatic nitrogens is 1. The number of urea groups is 1. The van der Waals surface area contributed by atoms with E-state index in [1.54, 1.807) is 0 Å². The number of likely N-dealkylation sites (N-methyl/N-ethyl adjacent to an activating group) is 1. The highest BCUT2D eigenvalue weighted by Crippen LogP contribution is 2.41. The molecule has 5 nitrogen and oxygen atoms in total. The summed E-state index contributed by atoms with van der Waals surface area (Å²) in [6.45, 7) is 9.99. The summed E-state index contributed by atoms with van der Waals surface area (Å²) >= 11 is 1.91. The fourth-order valence-corrected chi connectivity index (χ4v) is 6.42. The minimum atomic E-state index is 0.00468. The average Bonchev–Trinajstić information content (AvgIpc) is 3.50. The summed E-state index contributed by atoms with van der Waals surface area (Å²) in [5.41, 5.74) is 2.84. The van der Waals surface area contributed by atoms with E-state index in [1.807, 2.05) is 11.3 Å². The fraction of sp³-hybridized carbons (Fsp3) is 0.640. The van der Waals surface area contributed by atoms with Crippen molar-refractivity contribution in [2.24, 2.45) is 5.92 Å². The molecule has 0 spiro atoms. The van der Waals surface area contributed by atoms with Gasteiger partial charge in [-0.1, -0.05) is 33.6 Å². The number of thiophene rings is 1. The average molecular weight is 443 g/mol. The summed E-state index contributed by atoms with van der Waals surface area (Å²) in [4.78, 5) is 17.0. The van der Waals surface area contributed by atoms with Gasteiger partial charge in [0.05, 0.1) is 6.04 Å². The molecule has 170 valence electrons. The Hall–Kier alpha value is -1.79. The number of nitrogens with zero attached hydrogens (tertiary/aromatic N) is 2. The van der Waals surface area contributed by atoms with Crippen molar-refractivity contribution in [1.29, 1.82) is 0 Å². The standard InChI is InChI=1S/C25H38N4OS/c1-4-28-16-13-20-22(17-28)31-24(29-14-7-8-15-29)23(20)21(12-11-18(2)3)27-25(30)26-19-9-5-6-10-19/h7-8,14-15,18-19,21H,4-6,9-13,16-17H2,1-3H3,(H2,26,27,30). The number of carbonyl (C=O) groups is 1. The predicted molar refractivity (Wildman–Crippen MR) is 129 cm³/mol. The summed E-state index contributed by atoms with van der Waals surface area (Å²) in [7, 11) is 0. The van der Waals surface area contributed by atoms with Gasteiger partial charge in [-0.15, -0.1) is 11.3 Å². The Morgan fingerprint density at radius 3 is 2.61 bits per heavy atom. The van der Waals surface area contributed by atoms with Gasteiger partial charge in [0.15, 0.2) is 0 Å². The molecule has 2 N–H and O–H groups in total. The van der Waals surface area contributed by atoms with Gasteiger partial charge >= 0.3 is 6.03 Å². The maximum absolute atomic E-state index is 13.0. The number of hydrogen-bond acceptors (Lipinski definition) is 3. The molecular weight excluding hydrogens is 404 g/mol. The van der Waals surface area contributed by atoms with Gasteiger partial charge < -0.3 is 15.2 Å². The van der Waals surface area contributed by atoms with Crippen LogP contribution >= 0.6 is 11.3 Å². The van der Waals surface area contributed by atoms with Gasteiger partial charge in [-0.05, 0) is 62.3 Å². The summed E-state index contributed by atoms with van der Waals surface area (Å²) in [6, 6.07) is 4.57. The number of nitrogens with one attached hydrogen (secondary N) is 2. The van der Waals surface area contributed by atoms with Crippen LogP contribution < -0.4 is 10.6 Å². The van der Waals surface area contributed by atoms with Gasteiger partial charge in [0, 0.05) is 42.0 Å². The van der Waals surface area contributed by atoms with Crippen molar-refractivity contribution < 1.29 is 4.79 Å². The molecule has 31 heavy (non-hydrogen) atoms. The van der Waals surface area contributed by atoms with Crippen LogP contribution in [0.15, 0.2) is 24.5 Å². The largest absolute Gasteiger partial charge is 0.335 e. The third kappa shape index (κ3) is 5.35. The molecule has 1 atom stereocenters. The van der Waals surface area contributed by atoms with Crippen molar-refractivity contribution >= 4 is 17.4 Å². The van der Waals surface area contributed by atoms with E-state index in [4.69, 9.17) is 0 Å². The lowest BCUT2D eigenvalue weighted by Gasteiger charge is -2.28. The third-order valence-electron chi connectivity index (χ3n) is 6.82. The molecule has 1 aliphatic heterocycles. The van der Waals surface area contributed by atoms with Crippen LogP contribution in [0.5, 0.6) is 0 Å². The molecule has 2 aliphatic rings. The lowest BCUT2D eigenvalue weighted by atomic mass is 9.92. The molecule has 0 saturated heterocycles. The second-order valence-corrected chi connectivity index (χ2v) is 10.6. The molecule has 1 unspecified atom stereocenters. The molecule has 0 radical (unpaired) electrons. The molecule has 4 rings (SSSR count). The number of hydrogen-bond donors (Lipinski definition) is 2. The molecule has 1 fully saturated rings. The van der Waals surface area contributed by atoms with E-state index in [0.29, 0.717) is 12.0 Å². The summed E-state index contributed by atoms with van der Waals surface area (Å²) in [5.74, 6) is 0.613. The second kappa shape index (κ2) is 10.2. The zero-order chi connectivity index (χ0) is 21.8. The topological polar surface area (TPSA) is 49.3 Å². The Morgan fingerprint density at radius 1 is 1.19 bits per heavy atom. The molecule has 2 aromatic heterocycles. The maximum Gasteiger partial charge on any atom is 0.315 e. The first-order valence-electron chi connectivity index (χ1n) is 12.1. The summed E-state index contributed by atoms with van der Waals surface area (Å²) in [6.07, 6.45) is 12.1. The van der Waals surface area contributed by atoms with E-state index in [1.165, 1.54) is 33.8 Å². The van der Waals surface area contributed by atoms with E-state index in [0.717, 1.165) is 51.7 Å². The summed E-state index contributed by atoms with van der Waals surface area (Å²) < 4.78 is 2.24. The van der Waals surface area contributed by atoms with Gasteiger partial charge in [0.25, 0.3) is 0 Å². The fourth-order valence-electron chi connectivity index (χ4n) is 5.00. The maximum atomic E-state index is 13.0. The molecular formula is C25H38N4OS.